The molecule has 2 radical (unpaired) electrons. The number of aryl methyl sites for hydroxylation is 2. The lowest BCUT2D eigenvalue weighted by molar-refractivity contribution is 0.0632. The van der Waals surface area contributed by atoms with Gasteiger partial charge in [0.25, 0.3) is 0 Å². The summed E-state index contributed by atoms with van der Waals surface area (Å²) in [5.74, 6) is 0.734. The van der Waals surface area contributed by atoms with E-state index in [1.54, 1.807) is 6.20 Å². The van der Waals surface area contributed by atoms with Crippen LogP contribution in [-0.2, 0) is 12.8 Å². The summed E-state index contributed by atoms with van der Waals surface area (Å²) in [5.41, 5.74) is 12.6. The van der Waals surface area contributed by atoms with Gasteiger partial charge in [0.1, 0.15) is 0 Å². The molecule has 1 aliphatic rings. The number of hydrazine groups is 1. The Balaban J connectivity index is 1.84. The number of benzene rings is 1. The van der Waals surface area contributed by atoms with Crippen molar-refractivity contribution in [1.82, 2.24) is 10.4 Å². The minimum Gasteiger partial charge on any atom is -0.403 e. The van der Waals surface area contributed by atoms with Crippen molar-refractivity contribution < 1.29 is 0 Å². The molecule has 1 saturated heterocycles. The number of rotatable bonds is 6. The van der Waals surface area contributed by atoms with Crippen LogP contribution in [0.25, 0.3) is 0 Å². The Labute approximate surface area is 117 Å². The van der Waals surface area contributed by atoms with Gasteiger partial charge in [-0.25, -0.2) is 5.01 Å². The van der Waals surface area contributed by atoms with Gasteiger partial charge in [0.2, 0.25) is 0 Å². The maximum atomic E-state index is 5.59. The van der Waals surface area contributed by atoms with Gasteiger partial charge in [-0.05, 0) is 42.4 Å². The fourth-order valence-corrected chi connectivity index (χ4v) is 2.57. The van der Waals surface area contributed by atoms with Crippen molar-refractivity contribution >= 4 is 7.85 Å². The molecule has 2 rings (SSSR count). The van der Waals surface area contributed by atoms with Crippen LogP contribution < -0.4 is 11.2 Å². The summed E-state index contributed by atoms with van der Waals surface area (Å²) in [4.78, 5) is 0. The van der Waals surface area contributed by atoms with E-state index in [2.05, 4.69) is 35.6 Å². The molecule has 1 aromatic carbocycles. The standard InChI is InChI=1S/C15H22BN3/c1-12-8-13(4-5-16)2-3-15(12)9-14-10-19(11-14)18-7-6-17/h2-3,6-8,14,18H,4-5,9-11,17H2,1H3/b7-6-. The number of nitrogens with zero attached hydrogens (tertiary/aromatic N) is 1. The third-order valence-electron chi connectivity index (χ3n) is 3.66. The second-order valence-corrected chi connectivity index (χ2v) is 5.26. The molecule has 100 valence electrons. The average molecular weight is 255 g/mol. The summed E-state index contributed by atoms with van der Waals surface area (Å²) < 4.78 is 0. The summed E-state index contributed by atoms with van der Waals surface area (Å²) in [6.07, 6.45) is 6.13. The van der Waals surface area contributed by atoms with Gasteiger partial charge in [-0.1, -0.05) is 24.5 Å². The molecule has 0 atom stereocenters. The quantitative estimate of drug-likeness (QED) is 0.757. The van der Waals surface area contributed by atoms with E-state index in [-0.39, 0.29) is 0 Å². The van der Waals surface area contributed by atoms with Crippen molar-refractivity contribution in [2.24, 2.45) is 11.7 Å². The second kappa shape index (κ2) is 6.66. The average Bonchev–Trinajstić information content (AvgIpc) is 2.34. The second-order valence-electron chi connectivity index (χ2n) is 5.26. The minimum absolute atomic E-state index is 0.719. The molecule has 4 heteroatoms. The highest BCUT2D eigenvalue weighted by molar-refractivity contribution is 6.08. The lowest BCUT2D eigenvalue weighted by Gasteiger charge is -2.39. The number of hydrogen-bond donors (Lipinski definition) is 2. The molecule has 0 aliphatic carbocycles. The van der Waals surface area contributed by atoms with Crippen LogP contribution in [0, 0.1) is 12.8 Å². The first-order valence-corrected chi connectivity index (χ1v) is 6.89. The zero-order valence-electron chi connectivity index (χ0n) is 11.6. The van der Waals surface area contributed by atoms with Crippen LogP contribution >= 0.6 is 0 Å². The Morgan fingerprint density at radius 3 is 2.89 bits per heavy atom. The van der Waals surface area contributed by atoms with Gasteiger partial charge in [0.15, 0.2) is 0 Å². The Morgan fingerprint density at radius 1 is 1.47 bits per heavy atom. The monoisotopic (exact) mass is 255 g/mol. The molecule has 0 aromatic heterocycles. The molecule has 0 amide bonds. The van der Waals surface area contributed by atoms with Crippen LogP contribution in [-0.4, -0.2) is 25.9 Å². The summed E-state index contributed by atoms with van der Waals surface area (Å²) in [5, 5.41) is 2.17. The molecule has 0 unspecified atom stereocenters. The van der Waals surface area contributed by atoms with Crippen LogP contribution in [0.5, 0.6) is 0 Å². The van der Waals surface area contributed by atoms with Crippen LogP contribution in [0.1, 0.15) is 16.7 Å². The van der Waals surface area contributed by atoms with E-state index >= 15 is 0 Å². The smallest absolute Gasteiger partial charge is 0.0657 e. The van der Waals surface area contributed by atoms with Crippen molar-refractivity contribution in [2.45, 2.75) is 26.1 Å². The third kappa shape index (κ3) is 3.77. The molecular formula is C15H22BN3. The molecule has 1 heterocycles. The topological polar surface area (TPSA) is 41.3 Å². The predicted octanol–water partition coefficient (Wildman–Crippen LogP) is 1.53. The Kier molecular flexibility index (Phi) is 4.91. The van der Waals surface area contributed by atoms with E-state index < -0.39 is 0 Å². The summed E-state index contributed by atoms with van der Waals surface area (Å²) in [6.45, 7) is 4.35. The summed E-state index contributed by atoms with van der Waals surface area (Å²) >= 11 is 0. The van der Waals surface area contributed by atoms with Crippen LogP contribution in [0.4, 0.5) is 0 Å². The summed E-state index contributed by atoms with van der Waals surface area (Å²) in [6, 6.07) is 6.74. The van der Waals surface area contributed by atoms with Gasteiger partial charge in [-0.2, -0.15) is 0 Å². The van der Waals surface area contributed by atoms with E-state index in [1.165, 1.54) is 22.9 Å². The van der Waals surface area contributed by atoms with Crippen molar-refractivity contribution in [1.29, 1.82) is 0 Å². The minimum atomic E-state index is 0.719. The molecule has 0 spiro atoms. The maximum absolute atomic E-state index is 5.59. The highest BCUT2D eigenvalue weighted by atomic mass is 15.5. The molecule has 19 heavy (non-hydrogen) atoms. The highest BCUT2D eigenvalue weighted by Gasteiger charge is 2.26. The zero-order chi connectivity index (χ0) is 13.7. The molecule has 3 nitrogen and oxygen atoms in total. The van der Waals surface area contributed by atoms with Crippen LogP contribution in [0.2, 0.25) is 6.32 Å². The Hall–Kier alpha value is -1.42. The largest absolute Gasteiger partial charge is 0.403 e. The van der Waals surface area contributed by atoms with Crippen molar-refractivity contribution in [2.75, 3.05) is 13.1 Å². The van der Waals surface area contributed by atoms with Gasteiger partial charge in [0, 0.05) is 25.5 Å². The molecule has 0 bridgehead atoms. The normalized spacial score (nSPS) is 16.7. The zero-order valence-corrected chi connectivity index (χ0v) is 11.6. The first-order valence-electron chi connectivity index (χ1n) is 6.89. The number of hydrogen-bond acceptors (Lipinski definition) is 3. The van der Waals surface area contributed by atoms with E-state index in [4.69, 9.17) is 13.6 Å². The Morgan fingerprint density at radius 2 is 2.26 bits per heavy atom. The Bertz CT molecular complexity index is 439. The maximum Gasteiger partial charge on any atom is 0.0657 e. The van der Waals surface area contributed by atoms with Gasteiger partial charge < -0.3 is 11.2 Å². The van der Waals surface area contributed by atoms with Crippen molar-refractivity contribution in [3.63, 3.8) is 0 Å². The van der Waals surface area contributed by atoms with Gasteiger partial charge in [0.05, 0.1) is 7.85 Å². The highest BCUT2D eigenvalue weighted by Crippen LogP contribution is 2.21. The lowest BCUT2D eigenvalue weighted by Crippen LogP contribution is -2.53. The number of nitrogens with two attached hydrogens (primary N) is 1. The van der Waals surface area contributed by atoms with Crippen molar-refractivity contribution in [3.05, 3.63) is 47.3 Å². The van der Waals surface area contributed by atoms with Crippen molar-refractivity contribution in [3.8, 4) is 0 Å². The molecule has 1 aromatic rings. The molecule has 3 N–H and O–H groups in total. The SMILES string of the molecule is [B]CCc1ccc(CC2CN(N/C=C\N)C2)c(C)c1. The molecular weight excluding hydrogens is 233 g/mol. The number of nitrogens with one attached hydrogen (secondary N) is 1. The third-order valence-corrected chi connectivity index (χ3v) is 3.66. The van der Waals surface area contributed by atoms with Gasteiger partial charge >= 0.3 is 0 Å². The van der Waals surface area contributed by atoms with E-state index in [0.29, 0.717) is 0 Å². The fourth-order valence-electron chi connectivity index (χ4n) is 2.57. The summed E-state index contributed by atoms with van der Waals surface area (Å²) in [7, 11) is 5.59. The van der Waals surface area contributed by atoms with Crippen LogP contribution in [0.15, 0.2) is 30.6 Å². The van der Waals surface area contributed by atoms with Crippen LogP contribution in [0.3, 0.4) is 0 Å². The first-order chi connectivity index (χ1) is 9.22. The van der Waals surface area contributed by atoms with Gasteiger partial charge in [-0.15, -0.1) is 0 Å². The van der Waals surface area contributed by atoms with E-state index in [1.807, 2.05) is 0 Å². The van der Waals surface area contributed by atoms with E-state index in [0.717, 1.165) is 38.2 Å². The predicted molar refractivity (Wildman–Crippen MR) is 80.7 cm³/mol. The molecule has 1 aliphatic heterocycles. The van der Waals surface area contributed by atoms with Gasteiger partial charge in [-0.3, -0.25) is 0 Å². The molecule has 0 saturated carbocycles. The first kappa shape index (κ1) is 14.0. The lowest BCUT2D eigenvalue weighted by atomic mass is 9.89. The van der Waals surface area contributed by atoms with E-state index in [9.17, 15) is 0 Å². The molecule has 1 fully saturated rings. The fraction of sp³-hybridized carbons (Fsp3) is 0.467.